The van der Waals surface area contributed by atoms with Crippen LogP contribution in [0.2, 0.25) is 0 Å². The molecule has 2 N–H and O–H groups in total. The zero-order chi connectivity index (χ0) is 14.7. The van der Waals surface area contributed by atoms with Crippen LogP contribution in [0.4, 0.5) is 8.78 Å². The number of phenols is 2. The molecule has 0 radical (unpaired) electrons. The van der Waals surface area contributed by atoms with E-state index in [1.807, 2.05) is 0 Å². The molecule has 0 fully saturated rings. The molecule has 0 atom stereocenters. The molecule has 20 heavy (non-hydrogen) atoms. The second-order valence-electron chi connectivity index (χ2n) is 4.03. The molecule has 0 aliphatic carbocycles. The van der Waals surface area contributed by atoms with Crippen molar-refractivity contribution < 1.29 is 23.8 Å². The molecule has 5 heteroatoms. The summed E-state index contributed by atoms with van der Waals surface area (Å²) < 4.78 is 26.4. The summed E-state index contributed by atoms with van der Waals surface area (Å²) in [5.74, 6) is -6.03. The molecule has 0 aliphatic heterocycles. The van der Waals surface area contributed by atoms with Crippen LogP contribution in [0.15, 0.2) is 42.5 Å². The Morgan fingerprint density at radius 3 is 2.35 bits per heavy atom. The molecule has 0 saturated carbocycles. The maximum atomic E-state index is 13.3. The fourth-order valence-electron chi connectivity index (χ4n) is 1.61. The highest BCUT2D eigenvalue weighted by atomic mass is 19.1. The molecular weight excluding hydrogens is 266 g/mol. The first-order valence-electron chi connectivity index (χ1n) is 5.68. The van der Waals surface area contributed by atoms with E-state index < -0.39 is 34.5 Å². The van der Waals surface area contributed by atoms with E-state index in [2.05, 4.69) is 0 Å². The minimum atomic E-state index is -1.55. The Morgan fingerprint density at radius 1 is 1.05 bits per heavy atom. The van der Waals surface area contributed by atoms with Gasteiger partial charge in [0.15, 0.2) is 23.1 Å². The van der Waals surface area contributed by atoms with Crippen LogP contribution in [0.1, 0.15) is 15.9 Å². The van der Waals surface area contributed by atoms with Gasteiger partial charge in [0.1, 0.15) is 0 Å². The fourth-order valence-corrected chi connectivity index (χ4v) is 1.61. The number of halogens is 2. The molecular formula is C15H10F2O3. The van der Waals surface area contributed by atoms with Crippen LogP contribution in [-0.4, -0.2) is 16.0 Å². The first-order valence-corrected chi connectivity index (χ1v) is 5.68. The van der Waals surface area contributed by atoms with E-state index in [4.69, 9.17) is 5.11 Å². The van der Waals surface area contributed by atoms with E-state index in [9.17, 15) is 18.7 Å². The molecule has 0 amide bonds. The van der Waals surface area contributed by atoms with Gasteiger partial charge in [-0.25, -0.2) is 4.39 Å². The summed E-state index contributed by atoms with van der Waals surface area (Å²) in [6.45, 7) is 0. The highest BCUT2D eigenvalue weighted by Gasteiger charge is 2.20. The summed E-state index contributed by atoms with van der Waals surface area (Å²) in [4.78, 5) is 11.8. The third-order valence-corrected chi connectivity index (χ3v) is 2.66. The van der Waals surface area contributed by atoms with Crippen LogP contribution in [0.3, 0.4) is 0 Å². The smallest absolute Gasteiger partial charge is 0.210 e. The van der Waals surface area contributed by atoms with Crippen molar-refractivity contribution in [2.75, 3.05) is 0 Å². The van der Waals surface area contributed by atoms with Gasteiger partial charge in [-0.15, -0.1) is 0 Å². The number of hydrogen-bond donors (Lipinski definition) is 2. The number of hydrogen-bond acceptors (Lipinski definition) is 3. The number of phenolic OH excluding ortho intramolecular Hbond substituents is 2. The van der Waals surface area contributed by atoms with E-state index in [1.165, 1.54) is 6.08 Å². The normalized spacial score (nSPS) is 10.9. The lowest BCUT2D eigenvalue weighted by Gasteiger charge is -2.04. The van der Waals surface area contributed by atoms with Crippen molar-refractivity contribution in [1.29, 1.82) is 0 Å². The lowest BCUT2D eigenvalue weighted by atomic mass is 10.1. The van der Waals surface area contributed by atoms with Crippen LogP contribution < -0.4 is 0 Å². The van der Waals surface area contributed by atoms with Gasteiger partial charge in [-0.05, 0) is 17.7 Å². The molecule has 2 aromatic carbocycles. The molecule has 0 heterocycles. The SMILES string of the molecule is O=C(/C=C/c1ccccc1)c1cc(F)c(O)c(F)c1O. The highest BCUT2D eigenvalue weighted by molar-refractivity contribution is 6.08. The van der Waals surface area contributed by atoms with Crippen molar-refractivity contribution in [3.63, 3.8) is 0 Å². The standard InChI is InChI=1S/C15H10F2O3/c16-11-8-10(14(19)13(17)15(11)20)12(18)7-6-9-4-2-1-3-5-9/h1-8,19-20H/b7-6+. The first kappa shape index (κ1) is 13.7. The number of rotatable bonds is 3. The van der Waals surface area contributed by atoms with Crippen LogP contribution >= 0.6 is 0 Å². The minimum Gasteiger partial charge on any atom is -0.504 e. The molecule has 0 aliphatic rings. The van der Waals surface area contributed by atoms with Gasteiger partial charge in [0.05, 0.1) is 5.56 Å². The Balaban J connectivity index is 2.33. The number of ketones is 1. The van der Waals surface area contributed by atoms with Crippen LogP contribution in [0.5, 0.6) is 11.5 Å². The molecule has 0 bridgehead atoms. The second-order valence-corrected chi connectivity index (χ2v) is 4.03. The quantitative estimate of drug-likeness (QED) is 0.668. The molecule has 0 unspecified atom stereocenters. The number of carbonyl (C=O) groups is 1. The van der Waals surface area contributed by atoms with Gasteiger partial charge in [0, 0.05) is 0 Å². The minimum absolute atomic E-state index is 0.551. The average molecular weight is 276 g/mol. The van der Waals surface area contributed by atoms with Crippen molar-refractivity contribution in [1.82, 2.24) is 0 Å². The van der Waals surface area contributed by atoms with Gasteiger partial charge in [0.2, 0.25) is 5.82 Å². The Kier molecular flexibility index (Phi) is 3.79. The van der Waals surface area contributed by atoms with Gasteiger partial charge in [0.25, 0.3) is 0 Å². The zero-order valence-corrected chi connectivity index (χ0v) is 10.2. The number of benzene rings is 2. The Labute approximate surface area is 113 Å². The average Bonchev–Trinajstić information content (AvgIpc) is 2.47. The summed E-state index contributed by atoms with van der Waals surface area (Å²) >= 11 is 0. The van der Waals surface area contributed by atoms with E-state index >= 15 is 0 Å². The third-order valence-electron chi connectivity index (χ3n) is 2.66. The summed E-state index contributed by atoms with van der Waals surface area (Å²) in [5, 5.41) is 18.4. The summed E-state index contributed by atoms with van der Waals surface area (Å²) in [7, 11) is 0. The Bertz CT molecular complexity index is 679. The van der Waals surface area contributed by atoms with E-state index in [1.54, 1.807) is 30.3 Å². The molecule has 3 nitrogen and oxygen atoms in total. The summed E-state index contributed by atoms with van der Waals surface area (Å²) in [6, 6.07) is 9.40. The van der Waals surface area contributed by atoms with E-state index in [0.29, 0.717) is 6.07 Å². The van der Waals surface area contributed by atoms with Gasteiger partial charge in [-0.3, -0.25) is 4.79 Å². The van der Waals surface area contributed by atoms with Crippen molar-refractivity contribution in [3.8, 4) is 11.5 Å². The van der Waals surface area contributed by atoms with Gasteiger partial charge < -0.3 is 10.2 Å². The summed E-state index contributed by atoms with van der Waals surface area (Å²) in [6.07, 6.45) is 2.53. The largest absolute Gasteiger partial charge is 0.504 e. The zero-order valence-electron chi connectivity index (χ0n) is 10.2. The maximum Gasteiger partial charge on any atom is 0.210 e. The number of carbonyl (C=O) groups excluding carboxylic acids is 1. The van der Waals surface area contributed by atoms with Crippen LogP contribution in [0, 0.1) is 11.6 Å². The second kappa shape index (κ2) is 5.52. The molecule has 0 spiro atoms. The highest BCUT2D eigenvalue weighted by Crippen LogP contribution is 2.31. The maximum absolute atomic E-state index is 13.3. The predicted octanol–water partition coefficient (Wildman–Crippen LogP) is 3.27. The number of aromatic hydroxyl groups is 2. The molecule has 102 valence electrons. The lowest BCUT2D eigenvalue weighted by molar-refractivity contribution is 0.104. The predicted molar refractivity (Wildman–Crippen MR) is 69.5 cm³/mol. The molecule has 0 aromatic heterocycles. The summed E-state index contributed by atoms with van der Waals surface area (Å²) in [5.41, 5.74) is 0.171. The van der Waals surface area contributed by atoms with Crippen molar-refractivity contribution in [2.24, 2.45) is 0 Å². The monoisotopic (exact) mass is 276 g/mol. The van der Waals surface area contributed by atoms with Crippen molar-refractivity contribution >= 4 is 11.9 Å². The van der Waals surface area contributed by atoms with Crippen LogP contribution in [-0.2, 0) is 0 Å². The third kappa shape index (κ3) is 2.66. The fraction of sp³-hybridized carbons (Fsp3) is 0. The van der Waals surface area contributed by atoms with Gasteiger partial charge >= 0.3 is 0 Å². The van der Waals surface area contributed by atoms with Crippen molar-refractivity contribution in [3.05, 3.63) is 65.2 Å². The first-order chi connectivity index (χ1) is 9.50. The molecule has 2 rings (SSSR count). The van der Waals surface area contributed by atoms with Crippen molar-refractivity contribution in [2.45, 2.75) is 0 Å². The topological polar surface area (TPSA) is 57.5 Å². The molecule has 0 saturated heterocycles. The van der Waals surface area contributed by atoms with Gasteiger partial charge in [-0.2, -0.15) is 4.39 Å². The van der Waals surface area contributed by atoms with E-state index in [0.717, 1.165) is 11.6 Å². The lowest BCUT2D eigenvalue weighted by Crippen LogP contribution is -1.99. The Morgan fingerprint density at radius 2 is 1.70 bits per heavy atom. The van der Waals surface area contributed by atoms with E-state index in [-0.39, 0.29) is 0 Å². The number of allylic oxidation sites excluding steroid dienone is 1. The molecule has 2 aromatic rings. The Hall–Kier alpha value is -2.69. The van der Waals surface area contributed by atoms with Gasteiger partial charge in [-0.1, -0.05) is 36.4 Å². The van der Waals surface area contributed by atoms with Crippen LogP contribution in [0.25, 0.3) is 6.08 Å².